The molecule has 1 aromatic rings. The van der Waals surface area contributed by atoms with E-state index in [-0.39, 0.29) is 0 Å². The molecule has 0 amide bonds. The summed E-state index contributed by atoms with van der Waals surface area (Å²) in [6.07, 6.45) is 4.06. The minimum atomic E-state index is 0.472. The van der Waals surface area contributed by atoms with Crippen molar-refractivity contribution in [3.8, 4) is 0 Å². The number of benzene rings is 1. The van der Waals surface area contributed by atoms with E-state index in [0.717, 1.165) is 32.3 Å². The van der Waals surface area contributed by atoms with Gasteiger partial charge in [-0.1, -0.05) is 29.8 Å². The van der Waals surface area contributed by atoms with Crippen molar-refractivity contribution in [2.24, 2.45) is 5.92 Å². The summed E-state index contributed by atoms with van der Waals surface area (Å²) in [5.41, 5.74) is 2.78. The van der Waals surface area contributed by atoms with Crippen molar-refractivity contribution in [2.75, 3.05) is 38.7 Å². The first kappa shape index (κ1) is 16.9. The topological polar surface area (TPSA) is 21.7 Å². The summed E-state index contributed by atoms with van der Waals surface area (Å²) in [5, 5.41) is 0. The van der Waals surface area contributed by atoms with E-state index in [1.54, 1.807) is 0 Å². The highest BCUT2D eigenvalue weighted by atomic mass is 32.2. The molecule has 3 aliphatic heterocycles. The lowest BCUT2D eigenvalue weighted by atomic mass is 9.92. The fourth-order valence-electron chi connectivity index (χ4n) is 4.15. The van der Waals surface area contributed by atoms with E-state index < -0.39 is 0 Å². The first-order chi connectivity index (χ1) is 11.7. The fourth-order valence-corrected chi connectivity index (χ4v) is 5.75. The molecule has 24 heavy (non-hydrogen) atoms. The molecule has 1 atom stereocenters. The van der Waals surface area contributed by atoms with Crippen LogP contribution in [0.25, 0.3) is 0 Å². The van der Waals surface area contributed by atoms with Gasteiger partial charge in [-0.25, -0.2) is 0 Å². The number of hydrogen-bond acceptors (Lipinski definition) is 4. The third kappa shape index (κ3) is 3.98. The fraction of sp³-hybridized carbons (Fsp3) is 0.700. The summed E-state index contributed by atoms with van der Waals surface area (Å²) in [6, 6.07) is 8.97. The van der Waals surface area contributed by atoms with Crippen molar-refractivity contribution in [2.45, 2.75) is 43.6 Å². The average molecular weight is 348 g/mol. The largest absolute Gasteiger partial charge is 0.381 e. The molecule has 0 bridgehead atoms. The minimum absolute atomic E-state index is 0.472. The van der Waals surface area contributed by atoms with Crippen LogP contribution in [0.1, 0.15) is 30.4 Å². The van der Waals surface area contributed by atoms with Gasteiger partial charge in [0.25, 0.3) is 0 Å². The van der Waals surface area contributed by atoms with Gasteiger partial charge >= 0.3 is 0 Å². The summed E-state index contributed by atoms with van der Waals surface area (Å²) in [7, 11) is 0. The third-order valence-corrected chi connectivity index (χ3v) is 7.21. The summed E-state index contributed by atoms with van der Waals surface area (Å²) in [5.74, 6) is 1.90. The molecule has 3 aliphatic rings. The second-order valence-electron chi connectivity index (χ2n) is 7.84. The quantitative estimate of drug-likeness (QED) is 0.813. The highest BCUT2D eigenvalue weighted by Gasteiger charge is 2.49. The molecule has 1 aromatic carbocycles. The van der Waals surface area contributed by atoms with Gasteiger partial charge in [0.1, 0.15) is 0 Å². The van der Waals surface area contributed by atoms with Crippen LogP contribution < -0.4 is 0 Å². The minimum Gasteiger partial charge on any atom is -0.381 e. The van der Waals surface area contributed by atoms with Crippen LogP contribution in [0.5, 0.6) is 0 Å². The molecular weight excluding hydrogens is 318 g/mol. The van der Waals surface area contributed by atoms with Gasteiger partial charge in [-0.05, 0) is 37.7 Å². The number of aryl methyl sites for hydroxylation is 1. The standard InChI is InChI=1S/C20H29NO2S/c1-16-2-4-17(5-3-16)11-21-14-20(15-21)10-19(13-24-20)23-12-18-6-8-22-9-7-18/h2-5,18-19H,6-15H2,1H3/t19-/m1/s1. The maximum Gasteiger partial charge on any atom is 0.0680 e. The van der Waals surface area contributed by atoms with Gasteiger partial charge in [0, 0.05) is 50.0 Å². The van der Waals surface area contributed by atoms with Crippen LogP contribution in [0, 0.1) is 12.8 Å². The molecule has 0 aliphatic carbocycles. The van der Waals surface area contributed by atoms with Crippen molar-refractivity contribution in [1.29, 1.82) is 0 Å². The molecule has 0 aromatic heterocycles. The summed E-state index contributed by atoms with van der Waals surface area (Å²) >= 11 is 2.15. The van der Waals surface area contributed by atoms with Gasteiger partial charge in [0.05, 0.1) is 6.10 Å². The molecule has 132 valence electrons. The molecule has 3 nitrogen and oxygen atoms in total. The molecule has 0 unspecified atom stereocenters. The Kier molecular flexibility index (Phi) is 5.18. The Labute approximate surface area is 150 Å². The molecule has 4 rings (SSSR count). The molecule has 3 heterocycles. The van der Waals surface area contributed by atoms with Crippen LogP contribution >= 0.6 is 11.8 Å². The lowest BCUT2D eigenvalue weighted by molar-refractivity contribution is -0.0133. The zero-order valence-electron chi connectivity index (χ0n) is 14.7. The molecule has 3 fully saturated rings. The monoisotopic (exact) mass is 347 g/mol. The number of rotatable bonds is 5. The van der Waals surface area contributed by atoms with Crippen LogP contribution in [0.4, 0.5) is 0 Å². The Morgan fingerprint density at radius 1 is 1.21 bits per heavy atom. The van der Waals surface area contributed by atoms with E-state index in [2.05, 4.69) is 47.9 Å². The Bertz CT molecular complexity index is 535. The van der Waals surface area contributed by atoms with Gasteiger partial charge in [-0.15, -0.1) is 11.8 Å². The van der Waals surface area contributed by atoms with Crippen LogP contribution in [0.3, 0.4) is 0 Å². The Balaban J connectivity index is 1.19. The van der Waals surface area contributed by atoms with Crippen molar-refractivity contribution in [3.05, 3.63) is 35.4 Å². The van der Waals surface area contributed by atoms with Crippen LogP contribution in [-0.2, 0) is 16.0 Å². The predicted molar refractivity (Wildman–Crippen MR) is 99.5 cm³/mol. The van der Waals surface area contributed by atoms with E-state index in [1.807, 2.05) is 0 Å². The van der Waals surface area contributed by atoms with Gasteiger partial charge in [0.15, 0.2) is 0 Å². The number of thioether (sulfide) groups is 1. The summed E-state index contributed by atoms with van der Waals surface area (Å²) < 4.78 is 12.2. The first-order valence-corrected chi connectivity index (χ1v) is 10.3. The molecule has 3 saturated heterocycles. The third-order valence-electron chi connectivity index (χ3n) is 5.63. The highest BCUT2D eigenvalue weighted by molar-refractivity contribution is 8.01. The van der Waals surface area contributed by atoms with Crippen molar-refractivity contribution in [1.82, 2.24) is 4.90 Å². The van der Waals surface area contributed by atoms with Gasteiger partial charge in [0.2, 0.25) is 0 Å². The smallest absolute Gasteiger partial charge is 0.0680 e. The SMILES string of the molecule is Cc1ccc(CN2CC3(C[C@@H](OCC4CCOCC4)CS3)C2)cc1. The zero-order valence-corrected chi connectivity index (χ0v) is 15.5. The number of hydrogen-bond donors (Lipinski definition) is 0. The van der Waals surface area contributed by atoms with Crippen LogP contribution in [0.2, 0.25) is 0 Å². The van der Waals surface area contributed by atoms with E-state index >= 15 is 0 Å². The molecule has 1 spiro atoms. The van der Waals surface area contributed by atoms with E-state index in [1.165, 1.54) is 49.2 Å². The van der Waals surface area contributed by atoms with Gasteiger partial charge in [-0.2, -0.15) is 0 Å². The molecule has 0 saturated carbocycles. The highest BCUT2D eigenvalue weighted by Crippen LogP contribution is 2.46. The maximum absolute atomic E-state index is 6.25. The normalized spacial score (nSPS) is 27.5. The lowest BCUT2D eigenvalue weighted by Gasteiger charge is -2.47. The van der Waals surface area contributed by atoms with Crippen molar-refractivity contribution in [3.63, 3.8) is 0 Å². The van der Waals surface area contributed by atoms with Crippen LogP contribution in [-0.4, -0.2) is 54.4 Å². The molecule has 4 heteroatoms. The van der Waals surface area contributed by atoms with Gasteiger partial charge < -0.3 is 9.47 Å². The van der Waals surface area contributed by atoms with Crippen LogP contribution in [0.15, 0.2) is 24.3 Å². The predicted octanol–water partition coefficient (Wildman–Crippen LogP) is 3.50. The summed E-state index contributed by atoms with van der Waals surface area (Å²) in [4.78, 5) is 2.58. The van der Waals surface area contributed by atoms with E-state index in [0.29, 0.717) is 10.9 Å². The summed E-state index contributed by atoms with van der Waals surface area (Å²) in [6.45, 7) is 8.48. The van der Waals surface area contributed by atoms with Crippen molar-refractivity contribution < 1.29 is 9.47 Å². The Morgan fingerprint density at radius 2 is 1.96 bits per heavy atom. The Morgan fingerprint density at radius 3 is 2.71 bits per heavy atom. The maximum atomic E-state index is 6.25. The van der Waals surface area contributed by atoms with Crippen molar-refractivity contribution >= 4 is 11.8 Å². The number of nitrogens with zero attached hydrogens (tertiary/aromatic N) is 1. The molecular formula is C20H29NO2S. The Hall–Kier alpha value is -0.550. The second kappa shape index (κ2) is 7.36. The van der Waals surface area contributed by atoms with E-state index in [4.69, 9.17) is 9.47 Å². The zero-order chi connectivity index (χ0) is 16.4. The van der Waals surface area contributed by atoms with Gasteiger partial charge in [-0.3, -0.25) is 4.90 Å². The first-order valence-electron chi connectivity index (χ1n) is 9.32. The lowest BCUT2D eigenvalue weighted by Crippen LogP contribution is -2.58. The number of likely N-dealkylation sites (tertiary alicyclic amines) is 1. The molecule has 0 radical (unpaired) electrons. The number of ether oxygens (including phenoxy) is 2. The average Bonchev–Trinajstić information content (AvgIpc) is 3.00. The second-order valence-corrected chi connectivity index (χ2v) is 9.33. The molecule has 0 N–H and O–H groups in total. The van der Waals surface area contributed by atoms with E-state index in [9.17, 15) is 0 Å².